The molecule has 1 N–H and O–H groups in total. The molecule has 1 aromatic carbocycles. The smallest absolute Gasteiger partial charge is 0.325 e. The third-order valence-electron chi connectivity index (χ3n) is 4.39. The van der Waals surface area contributed by atoms with Crippen molar-refractivity contribution in [3.05, 3.63) is 29.8 Å². The van der Waals surface area contributed by atoms with Crippen molar-refractivity contribution in [2.45, 2.75) is 38.9 Å². The van der Waals surface area contributed by atoms with Crippen molar-refractivity contribution < 1.29 is 18.0 Å². The summed E-state index contributed by atoms with van der Waals surface area (Å²) in [6.45, 7) is 5.26. The number of benzene rings is 1. The SMILES string of the molecule is Cc1cccc(NC(=O)CN2CC[C@@H](C(F)(F)F)C2(C)C)c1. The minimum absolute atomic E-state index is 0.0342. The lowest BCUT2D eigenvalue weighted by atomic mass is 9.88. The Morgan fingerprint density at radius 3 is 2.64 bits per heavy atom. The molecular weight excluding hydrogens is 293 g/mol. The van der Waals surface area contributed by atoms with Gasteiger partial charge >= 0.3 is 6.18 Å². The molecule has 1 heterocycles. The second-order valence-corrected chi connectivity index (χ2v) is 6.38. The first kappa shape index (κ1) is 16.8. The fraction of sp³-hybridized carbons (Fsp3) is 0.562. The van der Waals surface area contributed by atoms with Gasteiger partial charge in [-0.05, 0) is 51.4 Å². The average Bonchev–Trinajstić information content (AvgIpc) is 2.64. The normalized spacial score (nSPS) is 21.8. The van der Waals surface area contributed by atoms with Gasteiger partial charge in [-0.25, -0.2) is 0 Å². The Morgan fingerprint density at radius 1 is 1.41 bits per heavy atom. The fourth-order valence-corrected chi connectivity index (χ4v) is 3.09. The highest BCUT2D eigenvalue weighted by atomic mass is 19.4. The molecule has 1 aromatic rings. The standard InChI is InChI=1S/C16H21F3N2O/c1-11-5-4-6-12(9-11)20-14(22)10-21-8-7-13(15(21,2)3)16(17,18)19/h4-6,9,13H,7-8,10H2,1-3H3,(H,20,22)/t13-/m1/s1. The fourth-order valence-electron chi connectivity index (χ4n) is 3.09. The molecule has 1 amide bonds. The van der Waals surface area contributed by atoms with Gasteiger partial charge in [-0.1, -0.05) is 12.1 Å². The van der Waals surface area contributed by atoms with Crippen LogP contribution >= 0.6 is 0 Å². The van der Waals surface area contributed by atoms with E-state index >= 15 is 0 Å². The number of halogens is 3. The van der Waals surface area contributed by atoms with Gasteiger partial charge < -0.3 is 5.32 Å². The summed E-state index contributed by atoms with van der Waals surface area (Å²) in [6, 6.07) is 7.32. The molecule has 1 aliphatic rings. The van der Waals surface area contributed by atoms with Gasteiger partial charge in [0.15, 0.2) is 0 Å². The van der Waals surface area contributed by atoms with Crippen LogP contribution in [0.4, 0.5) is 18.9 Å². The lowest BCUT2D eigenvalue weighted by Gasteiger charge is -2.36. The first-order chi connectivity index (χ1) is 10.1. The summed E-state index contributed by atoms with van der Waals surface area (Å²) in [5.74, 6) is -1.69. The number of rotatable bonds is 3. The summed E-state index contributed by atoms with van der Waals surface area (Å²) < 4.78 is 39.1. The van der Waals surface area contributed by atoms with E-state index in [1.54, 1.807) is 24.8 Å². The summed E-state index contributed by atoms with van der Waals surface area (Å²) in [6.07, 6.45) is -4.19. The van der Waals surface area contributed by atoms with Crippen LogP contribution in [0.3, 0.4) is 0 Å². The summed E-state index contributed by atoms with van der Waals surface area (Å²) >= 11 is 0. The molecule has 0 aliphatic carbocycles. The number of amides is 1. The summed E-state index contributed by atoms with van der Waals surface area (Å²) in [5, 5.41) is 2.74. The highest BCUT2D eigenvalue weighted by molar-refractivity contribution is 5.92. The quantitative estimate of drug-likeness (QED) is 0.924. The maximum absolute atomic E-state index is 13.0. The Kier molecular flexibility index (Phi) is 4.52. The second kappa shape index (κ2) is 5.91. The average molecular weight is 314 g/mol. The van der Waals surface area contributed by atoms with Gasteiger partial charge in [0.25, 0.3) is 0 Å². The lowest BCUT2D eigenvalue weighted by Crippen LogP contribution is -2.49. The molecule has 0 spiro atoms. The van der Waals surface area contributed by atoms with Crippen molar-refractivity contribution in [2.24, 2.45) is 5.92 Å². The molecule has 1 saturated heterocycles. The van der Waals surface area contributed by atoms with Crippen molar-refractivity contribution in [1.29, 1.82) is 0 Å². The lowest BCUT2D eigenvalue weighted by molar-refractivity contribution is -0.191. The molecule has 0 aromatic heterocycles. The van der Waals surface area contributed by atoms with Gasteiger partial charge in [0.05, 0.1) is 12.5 Å². The highest BCUT2D eigenvalue weighted by Crippen LogP contribution is 2.44. The van der Waals surface area contributed by atoms with E-state index < -0.39 is 17.6 Å². The minimum atomic E-state index is -4.23. The van der Waals surface area contributed by atoms with E-state index in [0.29, 0.717) is 5.69 Å². The van der Waals surface area contributed by atoms with Crippen molar-refractivity contribution in [3.63, 3.8) is 0 Å². The number of likely N-dealkylation sites (tertiary alicyclic amines) is 1. The molecule has 0 unspecified atom stereocenters. The summed E-state index contributed by atoms with van der Waals surface area (Å²) in [4.78, 5) is 13.7. The molecule has 0 bridgehead atoms. The molecule has 6 heteroatoms. The zero-order valence-corrected chi connectivity index (χ0v) is 13.0. The number of carbonyl (C=O) groups excluding carboxylic acids is 1. The van der Waals surface area contributed by atoms with E-state index in [-0.39, 0.29) is 25.4 Å². The number of nitrogens with one attached hydrogen (secondary N) is 1. The highest BCUT2D eigenvalue weighted by Gasteiger charge is 2.54. The third kappa shape index (κ3) is 3.61. The minimum Gasteiger partial charge on any atom is -0.325 e. The molecule has 3 nitrogen and oxygen atoms in total. The molecule has 122 valence electrons. The molecule has 2 rings (SSSR count). The molecule has 1 fully saturated rings. The first-order valence-corrected chi connectivity index (χ1v) is 7.29. The molecule has 0 saturated carbocycles. The topological polar surface area (TPSA) is 32.3 Å². The summed E-state index contributed by atoms with van der Waals surface area (Å²) in [5.41, 5.74) is 0.605. The van der Waals surface area contributed by atoms with E-state index in [2.05, 4.69) is 5.32 Å². The van der Waals surface area contributed by atoms with Crippen molar-refractivity contribution in [3.8, 4) is 0 Å². The zero-order chi connectivity index (χ0) is 16.5. The maximum Gasteiger partial charge on any atom is 0.393 e. The zero-order valence-electron chi connectivity index (χ0n) is 13.0. The Balaban J connectivity index is 2.00. The second-order valence-electron chi connectivity index (χ2n) is 6.38. The van der Waals surface area contributed by atoms with Crippen LogP contribution in [0.5, 0.6) is 0 Å². The van der Waals surface area contributed by atoms with E-state index in [4.69, 9.17) is 0 Å². The number of carbonyl (C=O) groups is 1. The number of nitrogens with zero attached hydrogens (tertiary/aromatic N) is 1. The van der Waals surface area contributed by atoms with Crippen LogP contribution in [0.15, 0.2) is 24.3 Å². The van der Waals surface area contributed by atoms with Gasteiger partial charge in [-0.3, -0.25) is 9.69 Å². The van der Waals surface area contributed by atoms with Gasteiger partial charge in [0.1, 0.15) is 0 Å². The van der Waals surface area contributed by atoms with Crippen LogP contribution in [0.2, 0.25) is 0 Å². The first-order valence-electron chi connectivity index (χ1n) is 7.29. The Bertz CT molecular complexity index is 555. The number of alkyl halides is 3. The molecule has 1 aliphatic heterocycles. The van der Waals surface area contributed by atoms with Crippen LogP contribution in [-0.4, -0.2) is 35.6 Å². The van der Waals surface area contributed by atoms with Gasteiger partial charge in [-0.2, -0.15) is 13.2 Å². The van der Waals surface area contributed by atoms with Crippen molar-refractivity contribution in [2.75, 3.05) is 18.4 Å². The molecular formula is C16H21F3N2O. The molecule has 22 heavy (non-hydrogen) atoms. The van der Waals surface area contributed by atoms with E-state index in [1.807, 2.05) is 25.1 Å². The van der Waals surface area contributed by atoms with Gasteiger partial charge in [-0.15, -0.1) is 0 Å². The molecule has 0 radical (unpaired) electrons. The van der Waals surface area contributed by atoms with Gasteiger partial charge in [0.2, 0.25) is 5.91 Å². The largest absolute Gasteiger partial charge is 0.393 e. The number of hydrogen-bond acceptors (Lipinski definition) is 2. The maximum atomic E-state index is 13.0. The number of hydrogen-bond donors (Lipinski definition) is 1. The molecule has 1 atom stereocenters. The third-order valence-corrected chi connectivity index (χ3v) is 4.39. The predicted molar refractivity (Wildman–Crippen MR) is 79.6 cm³/mol. The van der Waals surface area contributed by atoms with E-state index in [0.717, 1.165) is 5.56 Å². The summed E-state index contributed by atoms with van der Waals surface area (Å²) in [7, 11) is 0. The number of anilines is 1. The van der Waals surface area contributed by atoms with Crippen LogP contribution in [0.1, 0.15) is 25.8 Å². The van der Waals surface area contributed by atoms with Gasteiger partial charge in [0, 0.05) is 11.2 Å². The van der Waals surface area contributed by atoms with Crippen LogP contribution in [-0.2, 0) is 4.79 Å². The predicted octanol–water partition coefficient (Wildman–Crippen LogP) is 3.60. The Morgan fingerprint density at radius 2 is 2.09 bits per heavy atom. The monoisotopic (exact) mass is 314 g/mol. The van der Waals surface area contributed by atoms with Crippen LogP contribution < -0.4 is 5.32 Å². The van der Waals surface area contributed by atoms with E-state index in [9.17, 15) is 18.0 Å². The van der Waals surface area contributed by atoms with E-state index in [1.165, 1.54) is 0 Å². The Labute approximate surface area is 128 Å². The van der Waals surface area contributed by atoms with Crippen molar-refractivity contribution >= 4 is 11.6 Å². The number of aryl methyl sites for hydroxylation is 1. The Hall–Kier alpha value is -1.56. The van der Waals surface area contributed by atoms with Crippen LogP contribution in [0, 0.1) is 12.8 Å². The van der Waals surface area contributed by atoms with Crippen molar-refractivity contribution in [1.82, 2.24) is 4.90 Å². The van der Waals surface area contributed by atoms with Crippen LogP contribution in [0.25, 0.3) is 0 Å².